The number of guanidine groups is 1. The first-order chi connectivity index (χ1) is 15.1. The summed E-state index contributed by atoms with van der Waals surface area (Å²) in [7, 11) is 3.29. The molecule has 0 radical (unpaired) electrons. The number of benzene rings is 1. The molecule has 1 aromatic heterocycles. The van der Waals surface area contributed by atoms with E-state index in [-0.39, 0.29) is 30.0 Å². The van der Waals surface area contributed by atoms with Crippen LogP contribution < -0.4 is 20.1 Å². The minimum absolute atomic E-state index is 0. The first-order valence-corrected chi connectivity index (χ1v) is 10.5. The highest BCUT2D eigenvalue weighted by Crippen LogP contribution is 2.32. The third kappa shape index (κ3) is 7.20. The van der Waals surface area contributed by atoms with E-state index in [4.69, 9.17) is 18.7 Å². The van der Waals surface area contributed by atoms with E-state index < -0.39 is 0 Å². The van der Waals surface area contributed by atoms with Crippen LogP contribution in [0.3, 0.4) is 0 Å². The van der Waals surface area contributed by atoms with Gasteiger partial charge in [-0.15, -0.1) is 24.0 Å². The van der Waals surface area contributed by atoms with E-state index >= 15 is 0 Å². The summed E-state index contributed by atoms with van der Waals surface area (Å²) in [5.41, 5.74) is 1.14. The molecular formula is C21H33IN6O4. The lowest BCUT2D eigenvalue weighted by Crippen LogP contribution is -2.46. The van der Waals surface area contributed by atoms with Gasteiger partial charge in [0.25, 0.3) is 0 Å². The molecule has 0 spiro atoms. The third-order valence-corrected chi connectivity index (χ3v) is 5.03. The second kappa shape index (κ2) is 13.4. The van der Waals surface area contributed by atoms with Crippen LogP contribution in [0.1, 0.15) is 30.2 Å². The second-order valence-corrected chi connectivity index (χ2v) is 7.08. The molecule has 2 heterocycles. The van der Waals surface area contributed by atoms with Crippen LogP contribution in [-0.2, 0) is 11.3 Å². The maximum absolute atomic E-state index is 5.56. The van der Waals surface area contributed by atoms with Crippen molar-refractivity contribution < 1.29 is 18.7 Å². The van der Waals surface area contributed by atoms with Crippen LogP contribution in [0.25, 0.3) is 0 Å². The first kappa shape index (κ1) is 26.1. The summed E-state index contributed by atoms with van der Waals surface area (Å²) in [5, 5.41) is 10.6. The topological polar surface area (TPSA) is 106 Å². The number of halogens is 1. The maximum Gasteiger partial charge on any atom is 0.223 e. The number of aromatic nitrogens is 2. The molecule has 32 heavy (non-hydrogen) atoms. The Bertz CT molecular complexity index is 857. The fourth-order valence-electron chi connectivity index (χ4n) is 3.50. The highest BCUT2D eigenvalue weighted by molar-refractivity contribution is 14.0. The zero-order chi connectivity index (χ0) is 22.1. The smallest absolute Gasteiger partial charge is 0.223 e. The zero-order valence-electron chi connectivity index (χ0n) is 19.1. The van der Waals surface area contributed by atoms with E-state index in [0.29, 0.717) is 42.3 Å². The van der Waals surface area contributed by atoms with Gasteiger partial charge in [-0.2, -0.15) is 4.98 Å². The standard InChI is InChI=1S/C21H32N6O4.HI/c1-5-22-21(24-14-20-25-15(2)31-26-20)23-13-17(27-8-10-30-11-9-27)16-6-7-18(28-3)19(12-16)29-4;/h6-7,12,17H,5,8-11,13-14H2,1-4H3,(H2,22,23,24);1H. The molecule has 1 aliphatic rings. The Hall–Kier alpha value is -2.12. The van der Waals surface area contributed by atoms with Gasteiger partial charge in [0.05, 0.1) is 33.5 Å². The summed E-state index contributed by atoms with van der Waals surface area (Å²) in [6.07, 6.45) is 0. The molecule has 0 bridgehead atoms. The molecule has 0 saturated carbocycles. The van der Waals surface area contributed by atoms with Crippen molar-refractivity contribution in [3.05, 3.63) is 35.5 Å². The maximum atomic E-state index is 5.56. The van der Waals surface area contributed by atoms with Crippen LogP contribution in [-0.4, -0.2) is 74.6 Å². The van der Waals surface area contributed by atoms with E-state index in [0.717, 1.165) is 38.4 Å². The quantitative estimate of drug-likeness (QED) is 0.271. The average Bonchev–Trinajstić information content (AvgIpc) is 3.23. The number of aliphatic imine (C=N–C) groups is 1. The summed E-state index contributed by atoms with van der Waals surface area (Å²) in [5.74, 6) is 3.21. The van der Waals surface area contributed by atoms with Gasteiger partial charge in [-0.25, -0.2) is 4.99 Å². The van der Waals surface area contributed by atoms with Crippen molar-refractivity contribution in [1.29, 1.82) is 0 Å². The molecule has 2 aromatic rings. The summed E-state index contributed by atoms with van der Waals surface area (Å²) < 4.78 is 21.5. The normalized spacial score (nSPS) is 15.6. The lowest BCUT2D eigenvalue weighted by molar-refractivity contribution is 0.0169. The first-order valence-electron chi connectivity index (χ1n) is 10.5. The van der Waals surface area contributed by atoms with Crippen molar-refractivity contribution in [3.63, 3.8) is 0 Å². The van der Waals surface area contributed by atoms with Crippen molar-refractivity contribution in [2.24, 2.45) is 4.99 Å². The van der Waals surface area contributed by atoms with E-state index in [9.17, 15) is 0 Å². The second-order valence-electron chi connectivity index (χ2n) is 7.08. The molecule has 178 valence electrons. The fraction of sp³-hybridized carbons (Fsp3) is 0.571. The van der Waals surface area contributed by atoms with E-state index in [1.54, 1.807) is 21.1 Å². The molecule has 0 aliphatic carbocycles. The monoisotopic (exact) mass is 560 g/mol. The number of nitrogens with zero attached hydrogens (tertiary/aromatic N) is 4. The van der Waals surface area contributed by atoms with Gasteiger partial charge >= 0.3 is 0 Å². The number of methoxy groups -OCH3 is 2. The fourth-order valence-corrected chi connectivity index (χ4v) is 3.50. The van der Waals surface area contributed by atoms with Crippen LogP contribution >= 0.6 is 24.0 Å². The van der Waals surface area contributed by atoms with Crippen LogP contribution in [0, 0.1) is 6.92 Å². The Balaban J connectivity index is 0.00000363. The molecule has 3 rings (SSSR count). The molecule has 1 atom stereocenters. The van der Waals surface area contributed by atoms with Crippen molar-refractivity contribution in [2.75, 3.05) is 53.6 Å². The Morgan fingerprint density at radius 2 is 1.94 bits per heavy atom. The predicted molar refractivity (Wildman–Crippen MR) is 132 cm³/mol. The van der Waals surface area contributed by atoms with Crippen LogP contribution in [0.4, 0.5) is 0 Å². The van der Waals surface area contributed by atoms with Crippen molar-refractivity contribution in [2.45, 2.75) is 26.4 Å². The minimum Gasteiger partial charge on any atom is -0.493 e. The summed E-state index contributed by atoms with van der Waals surface area (Å²) in [4.78, 5) is 11.2. The molecule has 2 N–H and O–H groups in total. The van der Waals surface area contributed by atoms with E-state index in [1.807, 2.05) is 19.1 Å². The molecule has 10 nitrogen and oxygen atoms in total. The van der Waals surface area contributed by atoms with Crippen molar-refractivity contribution >= 4 is 29.9 Å². The number of ether oxygens (including phenoxy) is 3. The van der Waals surface area contributed by atoms with Gasteiger partial charge in [-0.1, -0.05) is 11.2 Å². The summed E-state index contributed by atoms with van der Waals surface area (Å²) in [6.45, 7) is 8.69. The third-order valence-electron chi connectivity index (χ3n) is 5.03. The Morgan fingerprint density at radius 3 is 2.56 bits per heavy atom. The Morgan fingerprint density at radius 1 is 1.19 bits per heavy atom. The van der Waals surface area contributed by atoms with Gasteiger partial charge in [0.1, 0.15) is 6.54 Å². The largest absolute Gasteiger partial charge is 0.493 e. The molecule has 1 aromatic carbocycles. The van der Waals surface area contributed by atoms with Gasteiger partial charge in [-0.3, -0.25) is 4.90 Å². The molecular weight excluding hydrogens is 527 g/mol. The molecule has 11 heteroatoms. The van der Waals surface area contributed by atoms with Crippen LogP contribution in [0.15, 0.2) is 27.7 Å². The molecule has 0 amide bonds. The average molecular weight is 560 g/mol. The molecule has 1 saturated heterocycles. The Kier molecular flexibility index (Phi) is 11.0. The van der Waals surface area contributed by atoms with Crippen LogP contribution in [0.5, 0.6) is 11.5 Å². The number of nitrogens with one attached hydrogen (secondary N) is 2. The molecule has 1 unspecified atom stereocenters. The lowest BCUT2D eigenvalue weighted by Gasteiger charge is -2.35. The Labute approximate surface area is 206 Å². The molecule has 1 fully saturated rings. The van der Waals surface area contributed by atoms with E-state index in [2.05, 4.69) is 36.7 Å². The van der Waals surface area contributed by atoms with Crippen LogP contribution in [0.2, 0.25) is 0 Å². The highest BCUT2D eigenvalue weighted by atomic mass is 127. The van der Waals surface area contributed by atoms with Gasteiger partial charge in [-0.05, 0) is 24.6 Å². The number of aryl methyl sites for hydroxylation is 1. The van der Waals surface area contributed by atoms with Gasteiger partial charge < -0.3 is 29.4 Å². The van der Waals surface area contributed by atoms with Gasteiger partial charge in [0.15, 0.2) is 23.3 Å². The summed E-state index contributed by atoms with van der Waals surface area (Å²) in [6, 6.07) is 6.17. The number of morpholine rings is 1. The lowest BCUT2D eigenvalue weighted by atomic mass is 10.0. The molecule has 1 aliphatic heterocycles. The SMILES string of the molecule is CCNC(=NCc1noc(C)n1)NCC(c1ccc(OC)c(OC)c1)N1CCOCC1.I. The van der Waals surface area contributed by atoms with Crippen molar-refractivity contribution in [1.82, 2.24) is 25.7 Å². The number of rotatable bonds is 9. The zero-order valence-corrected chi connectivity index (χ0v) is 21.4. The highest BCUT2D eigenvalue weighted by Gasteiger charge is 2.24. The van der Waals surface area contributed by atoms with E-state index in [1.165, 1.54) is 0 Å². The minimum atomic E-state index is 0. The van der Waals surface area contributed by atoms with Gasteiger partial charge in [0.2, 0.25) is 5.89 Å². The summed E-state index contributed by atoms with van der Waals surface area (Å²) >= 11 is 0. The number of hydrogen-bond acceptors (Lipinski definition) is 8. The van der Waals surface area contributed by atoms with Crippen molar-refractivity contribution in [3.8, 4) is 11.5 Å². The van der Waals surface area contributed by atoms with Gasteiger partial charge in [0, 0.05) is 33.1 Å². The number of hydrogen-bond donors (Lipinski definition) is 2. The predicted octanol–water partition coefficient (Wildman–Crippen LogP) is 2.14.